The first kappa shape index (κ1) is 16.8. The molecule has 0 aliphatic heterocycles. The second-order valence-electron chi connectivity index (χ2n) is 5.96. The van der Waals surface area contributed by atoms with Gasteiger partial charge in [-0.25, -0.2) is 9.97 Å². The molecule has 3 rings (SSSR count). The number of ether oxygens (including phenoxy) is 1. The number of aryl methyl sites for hydroxylation is 1. The highest BCUT2D eigenvalue weighted by Crippen LogP contribution is 2.28. The highest BCUT2D eigenvalue weighted by molar-refractivity contribution is 5.67. The Balaban J connectivity index is 1.84. The van der Waals surface area contributed by atoms with E-state index in [4.69, 9.17) is 4.74 Å². The Morgan fingerprint density at radius 2 is 1.48 bits per heavy atom. The smallest absolute Gasteiger partial charge is 0.143 e. The number of hydrogen-bond donors (Lipinski definition) is 2. The molecule has 0 spiro atoms. The highest BCUT2D eigenvalue weighted by atomic mass is 16.5. The van der Waals surface area contributed by atoms with Crippen molar-refractivity contribution in [2.24, 2.45) is 0 Å². The Labute approximate surface area is 148 Å². The molecule has 25 heavy (non-hydrogen) atoms. The van der Waals surface area contributed by atoms with Crippen molar-refractivity contribution in [1.29, 1.82) is 0 Å². The van der Waals surface area contributed by atoms with Gasteiger partial charge in [-0.1, -0.05) is 30.3 Å². The van der Waals surface area contributed by atoms with E-state index in [1.54, 1.807) is 0 Å². The van der Waals surface area contributed by atoms with Crippen LogP contribution in [0.3, 0.4) is 0 Å². The number of benzene rings is 2. The maximum Gasteiger partial charge on any atom is 0.143 e. The van der Waals surface area contributed by atoms with E-state index >= 15 is 0 Å². The molecule has 1 heterocycles. The predicted molar refractivity (Wildman–Crippen MR) is 102 cm³/mol. The van der Waals surface area contributed by atoms with Crippen molar-refractivity contribution in [3.63, 3.8) is 0 Å². The summed E-state index contributed by atoms with van der Waals surface area (Å²) in [7, 11) is 0. The average molecular weight is 334 g/mol. The summed E-state index contributed by atoms with van der Waals surface area (Å²) in [6.07, 6.45) is 0.102. The van der Waals surface area contributed by atoms with Gasteiger partial charge in [0.1, 0.15) is 23.2 Å². The Kier molecular flexibility index (Phi) is 5.14. The normalized spacial score (nSPS) is 10.6. The topological polar surface area (TPSA) is 59.1 Å². The molecule has 5 nitrogen and oxygen atoms in total. The van der Waals surface area contributed by atoms with E-state index in [-0.39, 0.29) is 6.10 Å². The molecule has 0 radical (unpaired) electrons. The zero-order valence-corrected chi connectivity index (χ0v) is 14.7. The molecule has 0 bridgehead atoms. The molecular formula is C20H22N4O. The van der Waals surface area contributed by atoms with Gasteiger partial charge >= 0.3 is 0 Å². The summed E-state index contributed by atoms with van der Waals surface area (Å²) >= 11 is 0. The first-order chi connectivity index (χ1) is 12.1. The second kappa shape index (κ2) is 7.66. The number of nitrogens with zero attached hydrogens (tertiary/aromatic N) is 2. The fourth-order valence-electron chi connectivity index (χ4n) is 2.43. The zero-order valence-electron chi connectivity index (χ0n) is 14.7. The van der Waals surface area contributed by atoms with Crippen LogP contribution in [0.25, 0.3) is 0 Å². The van der Waals surface area contributed by atoms with Crippen molar-refractivity contribution < 1.29 is 4.74 Å². The lowest BCUT2D eigenvalue weighted by molar-refractivity contribution is 0.244. The van der Waals surface area contributed by atoms with Gasteiger partial charge in [0.25, 0.3) is 0 Å². The minimum absolute atomic E-state index is 0.102. The van der Waals surface area contributed by atoms with E-state index in [9.17, 15) is 0 Å². The van der Waals surface area contributed by atoms with Crippen LogP contribution in [0.5, 0.6) is 5.75 Å². The van der Waals surface area contributed by atoms with Crippen molar-refractivity contribution in [2.75, 3.05) is 10.6 Å². The van der Waals surface area contributed by atoms with Crippen LogP contribution in [0.4, 0.5) is 23.0 Å². The summed E-state index contributed by atoms with van der Waals surface area (Å²) < 4.78 is 5.85. The molecule has 0 aliphatic carbocycles. The molecule has 5 heteroatoms. The number of anilines is 4. The van der Waals surface area contributed by atoms with Gasteiger partial charge in [0, 0.05) is 11.8 Å². The molecule has 0 amide bonds. The van der Waals surface area contributed by atoms with Crippen LogP contribution in [0.2, 0.25) is 0 Å². The standard InChI is InChI=1S/C20H22N4O/c1-14(2)25-18-12-8-7-11-17(18)24-20-13-19(21-15(3)22-20)23-16-9-5-4-6-10-16/h4-14H,1-3H3,(H2,21,22,23,24). The van der Waals surface area contributed by atoms with Crippen molar-refractivity contribution >= 4 is 23.0 Å². The molecule has 2 aromatic carbocycles. The average Bonchev–Trinajstić information content (AvgIpc) is 2.56. The largest absolute Gasteiger partial charge is 0.489 e. The minimum Gasteiger partial charge on any atom is -0.489 e. The zero-order chi connectivity index (χ0) is 17.6. The molecule has 1 aromatic heterocycles. The molecule has 0 unspecified atom stereocenters. The van der Waals surface area contributed by atoms with Gasteiger partial charge < -0.3 is 15.4 Å². The van der Waals surface area contributed by atoms with E-state index in [0.717, 1.165) is 22.9 Å². The third kappa shape index (κ3) is 4.70. The van der Waals surface area contributed by atoms with E-state index in [2.05, 4.69) is 20.6 Å². The number of para-hydroxylation sites is 3. The first-order valence-electron chi connectivity index (χ1n) is 8.30. The van der Waals surface area contributed by atoms with Gasteiger partial charge in [0.2, 0.25) is 0 Å². The van der Waals surface area contributed by atoms with E-state index in [1.807, 2.05) is 81.4 Å². The van der Waals surface area contributed by atoms with Crippen LogP contribution in [0.15, 0.2) is 60.7 Å². The van der Waals surface area contributed by atoms with Gasteiger partial charge in [-0.15, -0.1) is 0 Å². The molecule has 0 saturated heterocycles. The van der Waals surface area contributed by atoms with Crippen molar-refractivity contribution in [3.8, 4) is 5.75 Å². The minimum atomic E-state index is 0.102. The molecule has 128 valence electrons. The molecular weight excluding hydrogens is 312 g/mol. The van der Waals surface area contributed by atoms with Gasteiger partial charge in [-0.05, 0) is 45.0 Å². The van der Waals surface area contributed by atoms with Crippen LogP contribution >= 0.6 is 0 Å². The maximum absolute atomic E-state index is 5.85. The summed E-state index contributed by atoms with van der Waals surface area (Å²) in [4.78, 5) is 8.92. The second-order valence-corrected chi connectivity index (χ2v) is 5.96. The Hall–Kier alpha value is -3.08. The molecule has 0 atom stereocenters. The fraction of sp³-hybridized carbons (Fsp3) is 0.200. The number of rotatable bonds is 6. The van der Waals surface area contributed by atoms with Crippen LogP contribution in [-0.2, 0) is 0 Å². The predicted octanol–water partition coefficient (Wildman–Crippen LogP) is 5.06. The summed E-state index contributed by atoms with van der Waals surface area (Å²) in [5, 5.41) is 6.62. The summed E-state index contributed by atoms with van der Waals surface area (Å²) in [6.45, 7) is 5.89. The van der Waals surface area contributed by atoms with Crippen molar-refractivity contribution in [3.05, 3.63) is 66.5 Å². The quantitative estimate of drug-likeness (QED) is 0.660. The lowest BCUT2D eigenvalue weighted by Crippen LogP contribution is -2.08. The highest BCUT2D eigenvalue weighted by Gasteiger charge is 2.08. The molecule has 0 aliphatic rings. The van der Waals surface area contributed by atoms with Crippen molar-refractivity contribution in [1.82, 2.24) is 9.97 Å². The first-order valence-corrected chi connectivity index (χ1v) is 8.30. The molecule has 0 saturated carbocycles. The Bertz CT molecular complexity index is 834. The van der Waals surface area contributed by atoms with E-state index in [0.29, 0.717) is 11.6 Å². The lowest BCUT2D eigenvalue weighted by Gasteiger charge is -2.16. The molecule has 3 aromatic rings. The SMILES string of the molecule is Cc1nc(Nc2ccccc2)cc(Nc2ccccc2OC(C)C)n1. The third-order valence-electron chi connectivity index (χ3n) is 3.40. The number of nitrogens with one attached hydrogen (secondary N) is 2. The van der Waals surface area contributed by atoms with Crippen LogP contribution in [0.1, 0.15) is 19.7 Å². The molecule has 0 fully saturated rings. The Morgan fingerprint density at radius 1 is 0.840 bits per heavy atom. The van der Waals surface area contributed by atoms with Gasteiger partial charge in [-0.2, -0.15) is 0 Å². The maximum atomic E-state index is 5.85. The number of aromatic nitrogens is 2. The van der Waals surface area contributed by atoms with E-state index in [1.165, 1.54) is 0 Å². The van der Waals surface area contributed by atoms with Crippen molar-refractivity contribution in [2.45, 2.75) is 26.9 Å². The van der Waals surface area contributed by atoms with Gasteiger partial charge in [0.15, 0.2) is 0 Å². The fourth-order valence-corrected chi connectivity index (χ4v) is 2.43. The lowest BCUT2D eigenvalue weighted by atomic mass is 10.3. The van der Waals surface area contributed by atoms with Crippen LogP contribution < -0.4 is 15.4 Å². The van der Waals surface area contributed by atoms with Crippen LogP contribution in [-0.4, -0.2) is 16.1 Å². The summed E-state index contributed by atoms with van der Waals surface area (Å²) in [5.74, 6) is 2.94. The Morgan fingerprint density at radius 3 is 2.20 bits per heavy atom. The monoisotopic (exact) mass is 334 g/mol. The van der Waals surface area contributed by atoms with Gasteiger partial charge in [0.05, 0.1) is 11.8 Å². The number of hydrogen-bond acceptors (Lipinski definition) is 5. The third-order valence-corrected chi connectivity index (χ3v) is 3.40. The van der Waals surface area contributed by atoms with Gasteiger partial charge in [-0.3, -0.25) is 0 Å². The molecule has 2 N–H and O–H groups in total. The van der Waals surface area contributed by atoms with Crippen LogP contribution in [0, 0.1) is 6.92 Å². The van der Waals surface area contributed by atoms with E-state index < -0.39 is 0 Å². The summed E-state index contributed by atoms with van der Waals surface area (Å²) in [5.41, 5.74) is 1.86. The summed E-state index contributed by atoms with van der Waals surface area (Å²) in [6, 6.07) is 19.7.